The van der Waals surface area contributed by atoms with E-state index in [1.54, 1.807) is 26.2 Å². The van der Waals surface area contributed by atoms with Crippen LogP contribution < -0.4 is 10.6 Å². The number of hydrazone groups is 1. The van der Waals surface area contributed by atoms with Crippen LogP contribution in [0.5, 0.6) is 0 Å². The summed E-state index contributed by atoms with van der Waals surface area (Å²) in [5.74, 6) is 0. The Morgan fingerprint density at radius 1 is 1.29 bits per heavy atom. The second-order valence-corrected chi connectivity index (χ2v) is 4.34. The van der Waals surface area contributed by atoms with E-state index in [9.17, 15) is 4.79 Å². The van der Waals surface area contributed by atoms with Crippen molar-refractivity contribution in [2.45, 2.75) is 0 Å². The number of amides is 1. The van der Waals surface area contributed by atoms with Gasteiger partial charge in [0.15, 0.2) is 5.17 Å². The van der Waals surface area contributed by atoms with Gasteiger partial charge in [-0.15, -0.1) is 0 Å². The summed E-state index contributed by atoms with van der Waals surface area (Å²) >= 11 is 1.02. The number of nitrogens with one attached hydrogen (secondary N) is 2. The Kier molecular flexibility index (Phi) is 5.35. The van der Waals surface area contributed by atoms with Crippen molar-refractivity contribution in [3.8, 4) is 0 Å². The van der Waals surface area contributed by atoms with Crippen LogP contribution in [0.25, 0.3) is 0 Å². The highest BCUT2D eigenvalue weighted by molar-refractivity contribution is 8.26. The van der Waals surface area contributed by atoms with Crippen LogP contribution in [0, 0.1) is 0 Å². The quantitative estimate of drug-likeness (QED) is 0.480. The number of hydrogen-bond acceptors (Lipinski definition) is 4. The highest BCUT2D eigenvalue weighted by Gasteiger charge is 2.08. The number of carbonyl (C=O) groups excluding carboxylic acids is 1. The van der Waals surface area contributed by atoms with Crippen molar-refractivity contribution in [1.29, 1.82) is 0 Å². The third-order valence-electron chi connectivity index (χ3n) is 1.71. The summed E-state index contributed by atoms with van der Waals surface area (Å²) in [5, 5.41) is 11.8. The first-order valence-corrected chi connectivity index (χ1v) is 5.91. The lowest BCUT2D eigenvalue weighted by Crippen LogP contribution is -2.20. The standard InChI is InChI=1S/C11H16N4OS/c1-12-11(16)17-10(14-15(2)3)13-9-7-5-4-6-8-9/h4-8H,1-3H3,(H,12,16)(H,13,14). The predicted octanol–water partition coefficient (Wildman–Crippen LogP) is 2.00. The third-order valence-corrected chi connectivity index (χ3v) is 2.48. The Morgan fingerprint density at radius 3 is 2.47 bits per heavy atom. The number of anilines is 1. The maximum atomic E-state index is 11.3. The van der Waals surface area contributed by atoms with Gasteiger partial charge in [0.1, 0.15) is 0 Å². The lowest BCUT2D eigenvalue weighted by Gasteiger charge is -2.11. The van der Waals surface area contributed by atoms with Gasteiger partial charge in [-0.1, -0.05) is 18.2 Å². The van der Waals surface area contributed by atoms with Crippen LogP contribution in [0.3, 0.4) is 0 Å². The van der Waals surface area contributed by atoms with E-state index in [1.165, 1.54) is 0 Å². The third kappa shape index (κ3) is 5.26. The van der Waals surface area contributed by atoms with E-state index >= 15 is 0 Å². The molecule has 17 heavy (non-hydrogen) atoms. The first kappa shape index (κ1) is 13.4. The number of carbonyl (C=O) groups is 1. The maximum absolute atomic E-state index is 11.3. The number of amidine groups is 1. The fraction of sp³-hybridized carbons (Fsp3) is 0.273. The van der Waals surface area contributed by atoms with Crippen LogP contribution in [-0.2, 0) is 0 Å². The molecular weight excluding hydrogens is 236 g/mol. The summed E-state index contributed by atoms with van der Waals surface area (Å²) in [6.45, 7) is 0. The molecule has 0 aliphatic rings. The van der Waals surface area contributed by atoms with Crippen molar-refractivity contribution < 1.29 is 4.79 Å². The Labute approximate surface area is 105 Å². The van der Waals surface area contributed by atoms with Gasteiger partial charge < -0.3 is 15.6 Å². The van der Waals surface area contributed by atoms with E-state index in [-0.39, 0.29) is 5.24 Å². The molecule has 92 valence electrons. The Balaban J connectivity index is 2.74. The van der Waals surface area contributed by atoms with E-state index in [2.05, 4.69) is 15.7 Å². The molecule has 2 N–H and O–H groups in total. The zero-order valence-corrected chi connectivity index (χ0v) is 10.9. The van der Waals surface area contributed by atoms with Crippen molar-refractivity contribution in [2.75, 3.05) is 26.5 Å². The average Bonchev–Trinajstić information content (AvgIpc) is 2.29. The molecule has 1 aromatic rings. The molecule has 0 aliphatic carbocycles. The van der Waals surface area contributed by atoms with Crippen molar-refractivity contribution in [3.05, 3.63) is 30.3 Å². The second kappa shape index (κ2) is 6.80. The normalized spacial score (nSPS) is 10.9. The van der Waals surface area contributed by atoms with E-state index in [0.717, 1.165) is 17.4 Å². The number of thioether (sulfide) groups is 1. The molecule has 0 fully saturated rings. The van der Waals surface area contributed by atoms with E-state index < -0.39 is 0 Å². The largest absolute Gasteiger partial charge is 0.350 e. The van der Waals surface area contributed by atoms with Crippen LogP contribution in [-0.4, -0.2) is 36.6 Å². The van der Waals surface area contributed by atoms with Crippen LogP contribution in [0.2, 0.25) is 0 Å². The number of benzene rings is 1. The molecule has 6 heteroatoms. The number of rotatable bonds is 2. The molecule has 0 unspecified atom stereocenters. The van der Waals surface area contributed by atoms with Crippen LogP contribution in [0.1, 0.15) is 0 Å². The Morgan fingerprint density at radius 2 is 1.94 bits per heavy atom. The molecule has 0 aromatic heterocycles. The van der Waals surface area contributed by atoms with Gasteiger partial charge in [-0.3, -0.25) is 4.79 Å². The molecule has 0 heterocycles. The number of para-hydroxylation sites is 1. The minimum absolute atomic E-state index is 0.158. The minimum Gasteiger partial charge on any atom is -0.350 e. The summed E-state index contributed by atoms with van der Waals surface area (Å²) in [6.07, 6.45) is 0. The van der Waals surface area contributed by atoms with Crippen molar-refractivity contribution in [1.82, 2.24) is 10.3 Å². The lowest BCUT2D eigenvalue weighted by molar-refractivity contribution is 0.262. The monoisotopic (exact) mass is 252 g/mol. The minimum atomic E-state index is -0.158. The van der Waals surface area contributed by atoms with Crippen molar-refractivity contribution in [3.63, 3.8) is 0 Å². The molecule has 0 saturated heterocycles. The summed E-state index contributed by atoms with van der Waals surface area (Å²) in [7, 11) is 5.19. The number of hydrogen-bond donors (Lipinski definition) is 2. The topological polar surface area (TPSA) is 56.7 Å². The molecule has 0 bridgehead atoms. The molecule has 0 atom stereocenters. The van der Waals surface area contributed by atoms with E-state index in [0.29, 0.717) is 5.17 Å². The highest BCUT2D eigenvalue weighted by Crippen LogP contribution is 2.12. The predicted molar refractivity (Wildman–Crippen MR) is 73.2 cm³/mol. The smallest absolute Gasteiger partial charge is 0.286 e. The second-order valence-electron chi connectivity index (χ2n) is 3.38. The molecule has 0 saturated carbocycles. The fourth-order valence-corrected chi connectivity index (χ4v) is 1.69. The van der Waals surface area contributed by atoms with Gasteiger partial charge in [-0.25, -0.2) is 0 Å². The maximum Gasteiger partial charge on any atom is 0.286 e. The molecule has 0 aliphatic heterocycles. The summed E-state index contributed by atoms with van der Waals surface area (Å²) in [4.78, 5) is 11.3. The van der Waals surface area contributed by atoms with Crippen LogP contribution >= 0.6 is 11.8 Å². The van der Waals surface area contributed by atoms with Crippen LogP contribution in [0.4, 0.5) is 10.5 Å². The van der Waals surface area contributed by atoms with Crippen LogP contribution in [0.15, 0.2) is 35.4 Å². The first-order chi connectivity index (χ1) is 8.11. The molecular formula is C11H16N4OS. The molecule has 1 rings (SSSR count). The summed E-state index contributed by atoms with van der Waals surface area (Å²) in [6, 6.07) is 9.59. The molecule has 5 nitrogen and oxygen atoms in total. The van der Waals surface area contributed by atoms with Gasteiger partial charge in [0.05, 0.1) is 0 Å². The molecule has 1 amide bonds. The van der Waals surface area contributed by atoms with Crippen molar-refractivity contribution in [2.24, 2.45) is 5.10 Å². The van der Waals surface area contributed by atoms with E-state index in [1.807, 2.05) is 30.3 Å². The Bertz CT molecular complexity index is 392. The van der Waals surface area contributed by atoms with Crippen molar-refractivity contribution >= 4 is 27.9 Å². The average molecular weight is 252 g/mol. The van der Waals surface area contributed by atoms with E-state index in [4.69, 9.17) is 0 Å². The summed E-state index contributed by atoms with van der Waals surface area (Å²) in [5.41, 5.74) is 0.893. The highest BCUT2D eigenvalue weighted by atomic mass is 32.2. The number of nitrogens with zero attached hydrogens (tertiary/aromatic N) is 2. The molecule has 0 radical (unpaired) electrons. The SMILES string of the molecule is CNC(=O)SC(=NN(C)C)Nc1ccccc1. The van der Waals surface area contributed by atoms with Gasteiger partial charge >= 0.3 is 0 Å². The summed E-state index contributed by atoms with van der Waals surface area (Å²) < 4.78 is 0. The van der Waals surface area contributed by atoms with Gasteiger partial charge in [-0.2, -0.15) is 5.10 Å². The van der Waals surface area contributed by atoms with Gasteiger partial charge in [-0.05, 0) is 12.1 Å². The first-order valence-electron chi connectivity index (χ1n) is 5.09. The zero-order valence-electron chi connectivity index (χ0n) is 10.1. The molecule has 0 spiro atoms. The Hall–Kier alpha value is -1.69. The molecule has 1 aromatic carbocycles. The van der Waals surface area contributed by atoms with Gasteiger partial charge in [0.25, 0.3) is 5.24 Å². The fourth-order valence-electron chi connectivity index (χ4n) is 1.04. The lowest BCUT2D eigenvalue weighted by atomic mass is 10.3. The van der Waals surface area contributed by atoms with Gasteiger partial charge in [0.2, 0.25) is 0 Å². The van der Waals surface area contributed by atoms with Gasteiger partial charge in [0, 0.05) is 38.6 Å². The zero-order chi connectivity index (χ0) is 12.7.